The van der Waals surface area contributed by atoms with Crippen molar-refractivity contribution in [1.82, 2.24) is 25.1 Å². The molecule has 0 N–H and O–H groups in total. The molecule has 9 heteroatoms. The van der Waals surface area contributed by atoms with E-state index in [1.165, 1.54) is 19.4 Å². The highest BCUT2D eigenvalue weighted by atomic mass is 16.5. The lowest BCUT2D eigenvalue weighted by atomic mass is 10.00. The molecule has 5 rings (SSSR count). The maximum atomic E-state index is 6.36. The van der Waals surface area contributed by atoms with E-state index in [1.54, 1.807) is 12.4 Å². The van der Waals surface area contributed by atoms with E-state index in [4.69, 9.17) is 19.4 Å². The van der Waals surface area contributed by atoms with Crippen LogP contribution in [0.25, 0.3) is 0 Å². The third-order valence-corrected chi connectivity index (χ3v) is 6.13. The molecule has 0 aliphatic carbocycles. The van der Waals surface area contributed by atoms with E-state index in [9.17, 15) is 0 Å². The number of morpholine rings is 1. The summed E-state index contributed by atoms with van der Waals surface area (Å²) in [6.07, 6.45) is 6.80. The number of aromatic nitrogens is 4. The molecule has 0 radical (unpaired) electrons. The largest absolute Gasteiger partial charge is 0.477 e. The Morgan fingerprint density at radius 3 is 2.83 bits per heavy atom. The summed E-state index contributed by atoms with van der Waals surface area (Å²) in [5, 5.41) is 7.95. The summed E-state index contributed by atoms with van der Waals surface area (Å²) < 4.78 is 11.9. The van der Waals surface area contributed by atoms with Gasteiger partial charge in [-0.15, -0.1) is 0 Å². The zero-order valence-corrected chi connectivity index (χ0v) is 17.5. The highest BCUT2D eigenvalue weighted by Gasteiger charge is 2.30. The fourth-order valence-electron chi connectivity index (χ4n) is 4.54. The lowest BCUT2D eigenvalue weighted by molar-refractivity contribution is 0.121. The van der Waals surface area contributed by atoms with Crippen LogP contribution in [0, 0.1) is 5.92 Å². The van der Waals surface area contributed by atoms with Crippen molar-refractivity contribution in [3.8, 4) is 5.88 Å². The number of likely N-dealkylation sites (tertiary alicyclic amines) is 1. The number of ether oxygens (including phenoxy) is 2. The Morgan fingerprint density at radius 2 is 2.03 bits per heavy atom. The number of hydrogen-bond acceptors (Lipinski definition) is 9. The summed E-state index contributed by atoms with van der Waals surface area (Å²) in [7, 11) is 2.19. The van der Waals surface area contributed by atoms with Gasteiger partial charge in [0.15, 0.2) is 0 Å². The van der Waals surface area contributed by atoms with E-state index in [0.29, 0.717) is 25.7 Å². The summed E-state index contributed by atoms with van der Waals surface area (Å²) in [6.45, 7) is 6.78. The van der Waals surface area contributed by atoms with Crippen LogP contribution in [0.4, 0.5) is 17.5 Å². The van der Waals surface area contributed by atoms with Gasteiger partial charge >= 0.3 is 0 Å². The first-order valence-corrected chi connectivity index (χ1v) is 10.9. The molecular formula is C21H29N7O2. The summed E-state index contributed by atoms with van der Waals surface area (Å²) in [4.78, 5) is 16.6. The highest BCUT2D eigenvalue weighted by molar-refractivity contribution is 5.68. The first kappa shape index (κ1) is 19.4. The van der Waals surface area contributed by atoms with Crippen LogP contribution in [-0.2, 0) is 11.2 Å². The molecule has 3 aliphatic rings. The average Bonchev–Trinajstić information content (AvgIpc) is 3.23. The fourth-order valence-corrected chi connectivity index (χ4v) is 4.54. The summed E-state index contributed by atoms with van der Waals surface area (Å²) in [5.41, 5.74) is 2.09. The van der Waals surface area contributed by atoms with Crippen molar-refractivity contribution in [2.45, 2.75) is 19.3 Å². The molecule has 0 spiro atoms. The molecule has 5 heterocycles. The number of anilines is 3. The molecule has 1 unspecified atom stereocenters. The van der Waals surface area contributed by atoms with Gasteiger partial charge in [-0.05, 0) is 38.9 Å². The van der Waals surface area contributed by atoms with Crippen LogP contribution in [-0.4, -0.2) is 84.7 Å². The molecule has 2 aromatic heterocycles. The van der Waals surface area contributed by atoms with Crippen molar-refractivity contribution in [2.75, 3.05) is 69.4 Å². The Kier molecular flexibility index (Phi) is 5.63. The van der Waals surface area contributed by atoms with Crippen molar-refractivity contribution in [3.05, 3.63) is 24.0 Å². The van der Waals surface area contributed by atoms with Crippen LogP contribution in [0.1, 0.15) is 18.4 Å². The number of nitrogens with zero attached hydrogens (tertiary/aromatic N) is 7. The number of piperidine rings is 1. The molecule has 2 fully saturated rings. The van der Waals surface area contributed by atoms with Crippen LogP contribution >= 0.6 is 0 Å². The fraction of sp³-hybridized carbons (Fsp3) is 0.619. The van der Waals surface area contributed by atoms with Gasteiger partial charge in [0.25, 0.3) is 0 Å². The van der Waals surface area contributed by atoms with Crippen LogP contribution < -0.4 is 14.5 Å². The van der Waals surface area contributed by atoms with Crippen molar-refractivity contribution >= 4 is 17.5 Å². The minimum absolute atomic E-state index is 0.545. The summed E-state index contributed by atoms with van der Waals surface area (Å²) in [6, 6.07) is 1.97. The van der Waals surface area contributed by atoms with E-state index >= 15 is 0 Å². The van der Waals surface area contributed by atoms with E-state index in [2.05, 4.69) is 31.9 Å². The third kappa shape index (κ3) is 4.04. The zero-order valence-electron chi connectivity index (χ0n) is 17.5. The van der Waals surface area contributed by atoms with Gasteiger partial charge in [-0.2, -0.15) is 20.2 Å². The number of hydrogen-bond donors (Lipinski definition) is 0. The van der Waals surface area contributed by atoms with Crippen molar-refractivity contribution < 1.29 is 9.47 Å². The second-order valence-electron chi connectivity index (χ2n) is 8.31. The van der Waals surface area contributed by atoms with Crippen LogP contribution in [0.2, 0.25) is 0 Å². The maximum absolute atomic E-state index is 6.36. The van der Waals surface area contributed by atoms with Crippen molar-refractivity contribution in [2.24, 2.45) is 5.92 Å². The smallest absolute Gasteiger partial charge is 0.230 e. The van der Waals surface area contributed by atoms with Crippen LogP contribution in [0.15, 0.2) is 18.5 Å². The normalized spacial score (nSPS) is 22.2. The highest BCUT2D eigenvalue weighted by Crippen LogP contribution is 2.38. The minimum Gasteiger partial charge on any atom is -0.477 e. The SMILES string of the molecule is CN1CCCC(COc2nc(N3CCOCC3)nc3c2CCN3c2ccnnc2)C1. The molecule has 3 aliphatic heterocycles. The van der Waals surface area contributed by atoms with E-state index in [-0.39, 0.29) is 0 Å². The summed E-state index contributed by atoms with van der Waals surface area (Å²) >= 11 is 0. The molecule has 0 amide bonds. The Bertz CT molecular complexity index is 860. The molecule has 0 bridgehead atoms. The van der Waals surface area contributed by atoms with Gasteiger partial charge in [0.2, 0.25) is 11.8 Å². The molecule has 160 valence electrons. The van der Waals surface area contributed by atoms with Crippen LogP contribution in [0.3, 0.4) is 0 Å². The van der Waals surface area contributed by atoms with Gasteiger partial charge in [0, 0.05) is 32.1 Å². The quantitative estimate of drug-likeness (QED) is 0.727. The van der Waals surface area contributed by atoms with E-state index in [0.717, 1.165) is 61.5 Å². The minimum atomic E-state index is 0.545. The zero-order chi connectivity index (χ0) is 20.3. The predicted octanol–water partition coefficient (Wildman–Crippen LogP) is 1.52. The lowest BCUT2D eigenvalue weighted by Crippen LogP contribution is -2.37. The first-order valence-electron chi connectivity index (χ1n) is 10.9. The Hall–Kier alpha value is -2.52. The molecule has 30 heavy (non-hydrogen) atoms. The van der Waals surface area contributed by atoms with Gasteiger partial charge < -0.3 is 24.2 Å². The van der Waals surface area contributed by atoms with Gasteiger partial charge in [-0.1, -0.05) is 0 Å². The third-order valence-electron chi connectivity index (χ3n) is 6.13. The van der Waals surface area contributed by atoms with Crippen LogP contribution in [0.5, 0.6) is 5.88 Å². The second-order valence-corrected chi connectivity index (χ2v) is 8.31. The number of fused-ring (bicyclic) bond motifs is 1. The second kappa shape index (κ2) is 8.69. The molecule has 1 atom stereocenters. The first-order chi connectivity index (χ1) is 14.8. The molecular weight excluding hydrogens is 382 g/mol. The van der Waals surface area contributed by atoms with E-state index < -0.39 is 0 Å². The Labute approximate surface area is 177 Å². The van der Waals surface area contributed by atoms with Gasteiger partial charge in [-0.25, -0.2) is 0 Å². The Morgan fingerprint density at radius 1 is 1.13 bits per heavy atom. The van der Waals surface area contributed by atoms with E-state index in [1.807, 2.05) is 6.07 Å². The standard InChI is InChI=1S/C21H29N7O2/c1-26-7-2-3-16(14-26)15-30-20-18-5-8-28(17-4-6-22-23-13-17)19(18)24-21(25-20)27-9-11-29-12-10-27/h4,6,13,16H,2-3,5,7-12,14-15H2,1H3. The lowest BCUT2D eigenvalue weighted by Gasteiger charge is -2.30. The van der Waals surface area contributed by atoms with Crippen molar-refractivity contribution in [1.29, 1.82) is 0 Å². The molecule has 2 saturated heterocycles. The molecule has 0 saturated carbocycles. The molecule has 2 aromatic rings. The van der Waals surface area contributed by atoms with Gasteiger partial charge in [0.05, 0.1) is 43.5 Å². The maximum Gasteiger partial charge on any atom is 0.230 e. The molecule has 0 aromatic carbocycles. The predicted molar refractivity (Wildman–Crippen MR) is 114 cm³/mol. The molecule has 9 nitrogen and oxygen atoms in total. The average molecular weight is 412 g/mol. The number of rotatable bonds is 5. The van der Waals surface area contributed by atoms with Gasteiger partial charge in [0.1, 0.15) is 5.82 Å². The Balaban J connectivity index is 1.44. The monoisotopic (exact) mass is 411 g/mol. The van der Waals surface area contributed by atoms with Gasteiger partial charge in [-0.3, -0.25) is 0 Å². The van der Waals surface area contributed by atoms with Crippen molar-refractivity contribution in [3.63, 3.8) is 0 Å². The summed E-state index contributed by atoms with van der Waals surface area (Å²) in [5.74, 6) is 2.93. The topological polar surface area (TPSA) is 79.7 Å².